The Hall–Kier alpha value is -1.36. The van der Waals surface area contributed by atoms with Crippen LogP contribution in [0, 0.1) is 5.92 Å². The number of hydrogen-bond donors (Lipinski definition) is 2. The summed E-state index contributed by atoms with van der Waals surface area (Å²) in [7, 11) is 0. The number of ether oxygens (including phenoxy) is 1. The van der Waals surface area contributed by atoms with E-state index in [1.165, 1.54) is 6.42 Å². The highest BCUT2D eigenvalue weighted by Crippen LogP contribution is 2.34. The van der Waals surface area contributed by atoms with Crippen LogP contribution in [0.2, 0.25) is 0 Å². The molecule has 1 aliphatic carbocycles. The van der Waals surface area contributed by atoms with Gasteiger partial charge >= 0.3 is 0 Å². The van der Waals surface area contributed by atoms with Crippen molar-refractivity contribution in [2.45, 2.75) is 58.1 Å². The lowest BCUT2D eigenvalue weighted by Crippen LogP contribution is -2.46. The van der Waals surface area contributed by atoms with E-state index in [-0.39, 0.29) is 18.2 Å². The highest BCUT2D eigenvalue weighted by molar-refractivity contribution is 5.32. The van der Waals surface area contributed by atoms with Gasteiger partial charge in [0.2, 0.25) is 11.8 Å². The molecule has 1 saturated carbocycles. The highest BCUT2D eigenvalue weighted by atomic mass is 16.5. The molecule has 0 aliphatic heterocycles. The third-order valence-electron chi connectivity index (χ3n) is 3.76. The van der Waals surface area contributed by atoms with Crippen LogP contribution in [0.3, 0.4) is 0 Å². The van der Waals surface area contributed by atoms with Gasteiger partial charge in [0.15, 0.2) is 0 Å². The van der Waals surface area contributed by atoms with Crippen molar-refractivity contribution in [3.8, 4) is 5.88 Å². The Bertz CT molecular complexity index is 439. The smallest absolute Gasteiger partial charge is 0.226 e. The van der Waals surface area contributed by atoms with Crippen LogP contribution in [0.25, 0.3) is 0 Å². The van der Waals surface area contributed by atoms with Crippen molar-refractivity contribution in [2.75, 3.05) is 11.9 Å². The molecule has 1 aliphatic rings. The third-order valence-corrected chi connectivity index (χ3v) is 3.76. The van der Waals surface area contributed by atoms with E-state index in [0.717, 1.165) is 19.3 Å². The largest absolute Gasteiger partial charge is 0.475 e. The Morgan fingerprint density at radius 1 is 1.55 bits per heavy atom. The minimum absolute atomic E-state index is 0.0826. The average Bonchev–Trinajstić information content (AvgIpc) is 2.38. The molecule has 5 heteroatoms. The zero-order chi connectivity index (χ0) is 14.6. The monoisotopic (exact) mass is 279 g/mol. The number of rotatable bonds is 5. The van der Waals surface area contributed by atoms with Crippen molar-refractivity contribution >= 4 is 5.95 Å². The lowest BCUT2D eigenvalue weighted by molar-refractivity contribution is 0.148. The maximum Gasteiger partial charge on any atom is 0.226 e. The van der Waals surface area contributed by atoms with Crippen LogP contribution in [-0.4, -0.2) is 33.3 Å². The first-order valence-electron chi connectivity index (χ1n) is 7.42. The second kappa shape index (κ2) is 6.39. The molecule has 0 amide bonds. The molecule has 0 radical (unpaired) electrons. The maximum atomic E-state index is 9.79. The second-order valence-electron chi connectivity index (χ2n) is 6.15. The van der Waals surface area contributed by atoms with Crippen LogP contribution in [0.5, 0.6) is 5.88 Å². The number of hydrogen-bond acceptors (Lipinski definition) is 5. The highest BCUT2D eigenvalue weighted by Gasteiger charge is 2.35. The fourth-order valence-electron chi connectivity index (χ4n) is 2.90. The van der Waals surface area contributed by atoms with Crippen LogP contribution in [0.1, 0.15) is 46.5 Å². The molecule has 112 valence electrons. The van der Waals surface area contributed by atoms with Gasteiger partial charge < -0.3 is 15.2 Å². The quantitative estimate of drug-likeness (QED) is 0.867. The SMILES string of the molecule is CC1CCCC(CO)(Nc2nccc(OC(C)C)n2)C1. The summed E-state index contributed by atoms with van der Waals surface area (Å²) in [6.45, 7) is 6.26. The van der Waals surface area contributed by atoms with Gasteiger partial charge in [-0.15, -0.1) is 0 Å². The van der Waals surface area contributed by atoms with E-state index in [2.05, 4.69) is 22.2 Å². The normalized spacial score (nSPS) is 26.6. The van der Waals surface area contributed by atoms with Gasteiger partial charge in [-0.2, -0.15) is 4.98 Å². The molecular formula is C15H25N3O2. The van der Waals surface area contributed by atoms with Crippen molar-refractivity contribution in [1.82, 2.24) is 9.97 Å². The van der Waals surface area contributed by atoms with Gasteiger partial charge in [0.1, 0.15) is 0 Å². The van der Waals surface area contributed by atoms with Crippen LogP contribution < -0.4 is 10.1 Å². The number of nitrogens with one attached hydrogen (secondary N) is 1. The Morgan fingerprint density at radius 2 is 2.35 bits per heavy atom. The number of aromatic nitrogens is 2. The molecule has 2 N–H and O–H groups in total. The number of aliphatic hydroxyl groups is 1. The molecule has 5 nitrogen and oxygen atoms in total. The van der Waals surface area contributed by atoms with E-state index in [1.807, 2.05) is 13.8 Å². The molecule has 1 aromatic rings. The first-order valence-corrected chi connectivity index (χ1v) is 7.42. The van der Waals surface area contributed by atoms with Gasteiger partial charge in [-0.05, 0) is 32.6 Å². The molecule has 20 heavy (non-hydrogen) atoms. The summed E-state index contributed by atoms with van der Waals surface area (Å²) >= 11 is 0. The summed E-state index contributed by atoms with van der Waals surface area (Å²) in [6.07, 6.45) is 6.01. The van der Waals surface area contributed by atoms with Crippen molar-refractivity contribution in [2.24, 2.45) is 5.92 Å². The van der Waals surface area contributed by atoms with Crippen molar-refractivity contribution in [1.29, 1.82) is 0 Å². The van der Waals surface area contributed by atoms with Crippen LogP contribution in [0.4, 0.5) is 5.95 Å². The Kier molecular flexibility index (Phi) is 4.81. The topological polar surface area (TPSA) is 67.3 Å². The van der Waals surface area contributed by atoms with Crippen LogP contribution >= 0.6 is 0 Å². The van der Waals surface area contributed by atoms with E-state index < -0.39 is 0 Å². The summed E-state index contributed by atoms with van der Waals surface area (Å²) in [5.41, 5.74) is -0.297. The fourth-order valence-corrected chi connectivity index (χ4v) is 2.90. The first-order chi connectivity index (χ1) is 9.53. The van der Waals surface area contributed by atoms with E-state index >= 15 is 0 Å². The number of anilines is 1. The predicted molar refractivity (Wildman–Crippen MR) is 78.9 cm³/mol. The molecule has 0 saturated heterocycles. The molecular weight excluding hydrogens is 254 g/mol. The minimum atomic E-state index is -0.297. The fraction of sp³-hybridized carbons (Fsp3) is 0.733. The molecule has 0 spiro atoms. The zero-order valence-electron chi connectivity index (χ0n) is 12.6. The molecule has 1 heterocycles. The van der Waals surface area contributed by atoms with Gasteiger partial charge in [0, 0.05) is 12.3 Å². The maximum absolute atomic E-state index is 9.79. The summed E-state index contributed by atoms with van der Waals surface area (Å²) in [5.74, 6) is 1.71. The summed E-state index contributed by atoms with van der Waals surface area (Å²) in [5, 5.41) is 13.1. The molecule has 0 aromatic carbocycles. The van der Waals surface area contributed by atoms with Crippen molar-refractivity contribution in [3.05, 3.63) is 12.3 Å². The third kappa shape index (κ3) is 3.82. The van der Waals surface area contributed by atoms with Gasteiger partial charge in [-0.3, -0.25) is 0 Å². The lowest BCUT2D eigenvalue weighted by Gasteiger charge is -2.39. The molecule has 1 fully saturated rings. The van der Waals surface area contributed by atoms with Gasteiger partial charge in [-0.1, -0.05) is 19.8 Å². The van der Waals surface area contributed by atoms with Crippen molar-refractivity contribution in [3.63, 3.8) is 0 Å². The standard InChI is InChI=1S/C15H25N3O2/c1-11(2)20-13-6-8-16-14(17-13)18-15(10-19)7-4-5-12(3)9-15/h6,8,11-12,19H,4-5,7,9-10H2,1-3H3,(H,16,17,18). The molecule has 2 rings (SSSR count). The summed E-state index contributed by atoms with van der Waals surface area (Å²) < 4.78 is 5.58. The molecule has 2 atom stereocenters. The molecule has 1 aromatic heterocycles. The number of aliphatic hydroxyl groups excluding tert-OH is 1. The van der Waals surface area contributed by atoms with Crippen LogP contribution in [0.15, 0.2) is 12.3 Å². The lowest BCUT2D eigenvalue weighted by atomic mass is 9.77. The van der Waals surface area contributed by atoms with Crippen LogP contribution in [-0.2, 0) is 0 Å². The molecule has 0 bridgehead atoms. The summed E-state index contributed by atoms with van der Waals surface area (Å²) in [4.78, 5) is 8.61. The van der Waals surface area contributed by atoms with Crippen molar-refractivity contribution < 1.29 is 9.84 Å². The summed E-state index contributed by atoms with van der Waals surface area (Å²) in [6, 6.07) is 1.75. The molecule has 2 unspecified atom stereocenters. The second-order valence-corrected chi connectivity index (χ2v) is 6.15. The van der Waals surface area contributed by atoms with Gasteiger partial charge in [-0.25, -0.2) is 4.98 Å². The first kappa shape index (κ1) is 15.0. The minimum Gasteiger partial charge on any atom is -0.475 e. The average molecular weight is 279 g/mol. The van der Waals surface area contributed by atoms with E-state index in [0.29, 0.717) is 17.7 Å². The Balaban J connectivity index is 2.11. The Morgan fingerprint density at radius 3 is 3.00 bits per heavy atom. The van der Waals surface area contributed by atoms with Gasteiger partial charge in [0.25, 0.3) is 0 Å². The Labute approximate surface area is 120 Å². The van der Waals surface area contributed by atoms with E-state index in [1.54, 1.807) is 12.3 Å². The van der Waals surface area contributed by atoms with E-state index in [9.17, 15) is 5.11 Å². The zero-order valence-corrected chi connectivity index (χ0v) is 12.6. The predicted octanol–water partition coefficient (Wildman–Crippen LogP) is 2.62. The van der Waals surface area contributed by atoms with Gasteiger partial charge in [0.05, 0.1) is 18.2 Å². The van der Waals surface area contributed by atoms with E-state index in [4.69, 9.17) is 4.74 Å². The number of nitrogens with zero attached hydrogens (tertiary/aromatic N) is 2.